The van der Waals surface area contributed by atoms with Crippen molar-refractivity contribution < 1.29 is 8.78 Å². The minimum Gasteiger partial charge on any atom is -0.242 e. The summed E-state index contributed by atoms with van der Waals surface area (Å²) in [4.78, 5) is 7.34. The van der Waals surface area contributed by atoms with Crippen LogP contribution in [0.15, 0.2) is 36.8 Å². The molecule has 2 aromatic rings. The Morgan fingerprint density at radius 3 is 2.80 bits per heavy atom. The molecule has 0 unspecified atom stereocenters. The molecule has 1 aromatic carbocycles. The van der Waals surface area contributed by atoms with Gasteiger partial charge in [-0.05, 0) is 17.7 Å². The smallest absolute Gasteiger partial charge is 0.163 e. The van der Waals surface area contributed by atoms with Gasteiger partial charge in [-0.15, -0.1) is 0 Å². The van der Waals surface area contributed by atoms with Crippen LogP contribution >= 0.6 is 0 Å². The minimum absolute atomic E-state index is 0.270. The molecule has 1 heterocycles. The van der Waals surface area contributed by atoms with E-state index in [-0.39, 0.29) is 17.9 Å². The van der Waals surface area contributed by atoms with Gasteiger partial charge >= 0.3 is 0 Å². The van der Waals surface area contributed by atoms with Crippen LogP contribution in [-0.2, 0) is 6.42 Å². The zero-order chi connectivity index (χ0) is 10.7. The summed E-state index contributed by atoms with van der Waals surface area (Å²) in [6.07, 6.45) is 2.64. The predicted molar refractivity (Wildman–Crippen MR) is 51.2 cm³/mol. The predicted octanol–water partition coefficient (Wildman–Crippen LogP) is 2.35. The highest BCUT2D eigenvalue weighted by Gasteiger charge is 2.04. The maximum absolute atomic E-state index is 13.2. The van der Waals surface area contributed by atoms with Crippen molar-refractivity contribution in [2.24, 2.45) is 0 Å². The van der Waals surface area contributed by atoms with Gasteiger partial charge in [-0.1, -0.05) is 12.1 Å². The summed E-state index contributed by atoms with van der Waals surface area (Å²) in [6, 6.07) is 6.02. The van der Waals surface area contributed by atoms with E-state index in [9.17, 15) is 8.78 Å². The molecule has 0 radical (unpaired) electrons. The van der Waals surface area contributed by atoms with Crippen LogP contribution in [0.3, 0.4) is 0 Å². The van der Waals surface area contributed by atoms with Crippen molar-refractivity contribution in [2.45, 2.75) is 6.42 Å². The van der Waals surface area contributed by atoms with Gasteiger partial charge in [-0.2, -0.15) is 0 Å². The third kappa shape index (κ3) is 2.34. The Morgan fingerprint density at radius 1 is 1.20 bits per heavy atom. The first kappa shape index (κ1) is 9.71. The van der Waals surface area contributed by atoms with Crippen LogP contribution in [0.1, 0.15) is 11.3 Å². The molecule has 0 saturated carbocycles. The van der Waals surface area contributed by atoms with Gasteiger partial charge in [0.15, 0.2) is 5.82 Å². The van der Waals surface area contributed by atoms with Crippen LogP contribution in [0, 0.1) is 11.6 Å². The van der Waals surface area contributed by atoms with Crippen LogP contribution in [0.5, 0.6) is 0 Å². The maximum Gasteiger partial charge on any atom is 0.163 e. The van der Waals surface area contributed by atoms with Gasteiger partial charge in [0.25, 0.3) is 0 Å². The Hall–Kier alpha value is -1.84. The van der Waals surface area contributed by atoms with Crippen LogP contribution in [0.25, 0.3) is 0 Å². The van der Waals surface area contributed by atoms with Gasteiger partial charge in [0.1, 0.15) is 12.1 Å². The maximum atomic E-state index is 13.2. The average Bonchev–Trinajstić information content (AvgIpc) is 2.22. The minimum atomic E-state index is -0.471. The Kier molecular flexibility index (Phi) is 2.67. The fourth-order valence-corrected chi connectivity index (χ4v) is 1.31. The molecule has 0 aliphatic carbocycles. The monoisotopic (exact) mass is 206 g/mol. The molecule has 0 saturated heterocycles. The van der Waals surface area contributed by atoms with E-state index < -0.39 is 5.82 Å². The SMILES string of the molecule is Fc1cccc(Cc2ncncc2F)c1. The van der Waals surface area contributed by atoms with Crippen molar-refractivity contribution in [1.29, 1.82) is 0 Å². The molecule has 0 spiro atoms. The van der Waals surface area contributed by atoms with Gasteiger partial charge < -0.3 is 0 Å². The first-order valence-corrected chi connectivity index (χ1v) is 4.44. The number of nitrogens with zero attached hydrogens (tertiary/aromatic N) is 2. The molecule has 0 aliphatic heterocycles. The zero-order valence-electron chi connectivity index (χ0n) is 7.82. The zero-order valence-corrected chi connectivity index (χ0v) is 7.82. The first-order valence-electron chi connectivity index (χ1n) is 4.44. The van der Waals surface area contributed by atoms with Gasteiger partial charge in [0.2, 0.25) is 0 Å². The van der Waals surface area contributed by atoms with Crippen molar-refractivity contribution in [1.82, 2.24) is 9.97 Å². The Labute approximate surface area is 85.6 Å². The van der Waals surface area contributed by atoms with E-state index in [1.54, 1.807) is 12.1 Å². The van der Waals surface area contributed by atoms with Gasteiger partial charge in [-0.3, -0.25) is 0 Å². The molecule has 2 rings (SSSR count). The molecule has 2 nitrogen and oxygen atoms in total. The molecule has 0 fully saturated rings. The molecular weight excluding hydrogens is 198 g/mol. The van der Waals surface area contributed by atoms with Crippen molar-refractivity contribution >= 4 is 0 Å². The molecule has 76 valence electrons. The summed E-state index contributed by atoms with van der Waals surface area (Å²) in [5, 5.41) is 0. The second-order valence-corrected chi connectivity index (χ2v) is 3.12. The third-order valence-electron chi connectivity index (χ3n) is 2.00. The largest absolute Gasteiger partial charge is 0.242 e. The number of hydrogen-bond donors (Lipinski definition) is 0. The summed E-state index contributed by atoms with van der Waals surface area (Å²) in [5.41, 5.74) is 0.961. The molecule has 1 aromatic heterocycles. The molecule has 15 heavy (non-hydrogen) atoms. The van der Waals surface area contributed by atoms with Gasteiger partial charge in [-0.25, -0.2) is 18.7 Å². The highest BCUT2D eigenvalue weighted by molar-refractivity contribution is 5.22. The number of rotatable bonds is 2. The van der Waals surface area contributed by atoms with Crippen LogP contribution in [0.2, 0.25) is 0 Å². The number of aromatic nitrogens is 2. The van der Waals surface area contributed by atoms with E-state index >= 15 is 0 Å². The number of halogens is 2. The molecule has 0 atom stereocenters. The van der Waals surface area contributed by atoms with E-state index in [0.717, 1.165) is 6.20 Å². The second kappa shape index (κ2) is 4.13. The van der Waals surface area contributed by atoms with E-state index in [2.05, 4.69) is 9.97 Å². The standard InChI is InChI=1S/C11H8F2N2/c12-9-3-1-2-8(4-9)5-11-10(13)6-14-7-15-11/h1-4,6-7H,5H2. The van der Waals surface area contributed by atoms with E-state index in [1.807, 2.05) is 0 Å². The number of hydrogen-bond acceptors (Lipinski definition) is 2. The quantitative estimate of drug-likeness (QED) is 0.753. The third-order valence-corrected chi connectivity index (χ3v) is 2.00. The van der Waals surface area contributed by atoms with Crippen molar-refractivity contribution in [3.05, 3.63) is 59.7 Å². The van der Waals surface area contributed by atoms with Crippen molar-refractivity contribution in [2.75, 3.05) is 0 Å². The molecule has 0 aliphatic rings. The summed E-state index contributed by atoms with van der Waals surface area (Å²) in [7, 11) is 0. The Morgan fingerprint density at radius 2 is 2.07 bits per heavy atom. The summed E-state index contributed by atoms with van der Waals surface area (Å²) in [5.74, 6) is -0.802. The fourth-order valence-electron chi connectivity index (χ4n) is 1.31. The fraction of sp³-hybridized carbons (Fsp3) is 0.0909. The van der Waals surface area contributed by atoms with Gasteiger partial charge in [0.05, 0.1) is 11.9 Å². The Bertz CT molecular complexity index is 472. The average molecular weight is 206 g/mol. The topological polar surface area (TPSA) is 25.8 Å². The van der Waals surface area contributed by atoms with Crippen LogP contribution in [0.4, 0.5) is 8.78 Å². The van der Waals surface area contributed by atoms with E-state index in [0.29, 0.717) is 5.56 Å². The second-order valence-electron chi connectivity index (χ2n) is 3.12. The lowest BCUT2D eigenvalue weighted by Gasteiger charge is -2.01. The highest BCUT2D eigenvalue weighted by atomic mass is 19.1. The summed E-state index contributed by atoms with van der Waals surface area (Å²) < 4.78 is 26.0. The summed E-state index contributed by atoms with van der Waals surface area (Å²) in [6.45, 7) is 0. The lowest BCUT2D eigenvalue weighted by Crippen LogP contribution is -1.97. The van der Waals surface area contributed by atoms with Crippen LogP contribution in [-0.4, -0.2) is 9.97 Å². The van der Waals surface area contributed by atoms with E-state index in [1.165, 1.54) is 18.5 Å². The van der Waals surface area contributed by atoms with Crippen molar-refractivity contribution in [3.63, 3.8) is 0 Å². The number of benzene rings is 1. The van der Waals surface area contributed by atoms with E-state index in [4.69, 9.17) is 0 Å². The van der Waals surface area contributed by atoms with Crippen LogP contribution < -0.4 is 0 Å². The molecule has 0 N–H and O–H groups in total. The van der Waals surface area contributed by atoms with Gasteiger partial charge in [0, 0.05) is 6.42 Å². The normalized spacial score (nSPS) is 10.3. The molecular formula is C11H8F2N2. The lowest BCUT2D eigenvalue weighted by atomic mass is 10.1. The molecule has 0 bridgehead atoms. The van der Waals surface area contributed by atoms with Crippen molar-refractivity contribution in [3.8, 4) is 0 Å². The Balaban J connectivity index is 2.26. The summed E-state index contributed by atoms with van der Waals surface area (Å²) >= 11 is 0. The highest BCUT2D eigenvalue weighted by Crippen LogP contribution is 2.10. The lowest BCUT2D eigenvalue weighted by molar-refractivity contribution is 0.594. The molecule has 0 amide bonds. The first-order chi connectivity index (χ1) is 7.25. The molecule has 4 heteroatoms.